The van der Waals surface area contributed by atoms with Gasteiger partial charge in [-0.2, -0.15) is 0 Å². The van der Waals surface area contributed by atoms with Gasteiger partial charge in [-0.05, 0) is 0 Å². The number of hydrogen-bond donors (Lipinski definition) is 0. The highest BCUT2D eigenvalue weighted by molar-refractivity contribution is 5.86. The summed E-state index contributed by atoms with van der Waals surface area (Å²) in [5.41, 5.74) is 1.14. The fourth-order valence-corrected chi connectivity index (χ4v) is 0.599. The van der Waals surface area contributed by atoms with Crippen LogP contribution < -0.4 is 0 Å². The van der Waals surface area contributed by atoms with E-state index in [1.54, 1.807) is 7.05 Å². The second-order valence-corrected chi connectivity index (χ2v) is 1.78. The van der Waals surface area contributed by atoms with Gasteiger partial charge >= 0.3 is 0 Å². The van der Waals surface area contributed by atoms with Gasteiger partial charge in [0.25, 0.3) is 0 Å². The molecule has 0 aliphatic carbocycles. The number of nitrogens with zero attached hydrogens (tertiary/aromatic N) is 1. The molecule has 0 atom stereocenters. The van der Waals surface area contributed by atoms with Crippen LogP contribution in [0.3, 0.4) is 0 Å². The molecular weight excluding hydrogens is 110 g/mol. The van der Waals surface area contributed by atoms with Crippen LogP contribution in [0, 0.1) is 0 Å². The number of aliphatic imine (C=N–C) groups is 1. The molecular formula is C8H13N. The molecule has 0 aromatic rings. The molecule has 1 nitrogen and oxygen atoms in total. The van der Waals surface area contributed by atoms with Crippen LogP contribution in [0.25, 0.3) is 0 Å². The van der Waals surface area contributed by atoms with Crippen molar-refractivity contribution in [3.8, 4) is 0 Å². The van der Waals surface area contributed by atoms with Crippen molar-refractivity contribution in [3.63, 3.8) is 0 Å². The number of hydrogen-bond acceptors (Lipinski definition) is 1. The number of allylic oxidation sites excluding steroid dienone is 2. The molecule has 0 fully saturated rings. The van der Waals surface area contributed by atoms with Crippen molar-refractivity contribution < 1.29 is 0 Å². The van der Waals surface area contributed by atoms with E-state index in [9.17, 15) is 0 Å². The van der Waals surface area contributed by atoms with Crippen LogP contribution in [-0.2, 0) is 0 Å². The Labute approximate surface area is 56.8 Å². The Morgan fingerprint density at radius 1 is 1.33 bits per heavy atom. The Balaban J connectivity index is 3.68. The molecule has 0 saturated heterocycles. The third kappa shape index (κ3) is 3.71. The Bertz CT molecular complexity index is 111. The molecule has 0 N–H and O–H groups in total. The first-order valence-corrected chi connectivity index (χ1v) is 3.01. The van der Waals surface area contributed by atoms with Crippen molar-refractivity contribution in [2.75, 3.05) is 7.05 Å². The zero-order valence-electron chi connectivity index (χ0n) is 5.93. The van der Waals surface area contributed by atoms with Crippen molar-refractivity contribution in [1.29, 1.82) is 0 Å². The van der Waals surface area contributed by atoms with Gasteiger partial charge in [-0.15, -0.1) is 13.2 Å². The smallest absolute Gasteiger partial charge is 0.0276 e. The fraction of sp³-hybridized carbons (Fsp3) is 0.375. The molecule has 9 heavy (non-hydrogen) atoms. The highest BCUT2D eigenvalue weighted by Crippen LogP contribution is 1.93. The van der Waals surface area contributed by atoms with Crippen molar-refractivity contribution in [2.24, 2.45) is 4.99 Å². The van der Waals surface area contributed by atoms with E-state index in [1.807, 2.05) is 12.2 Å². The summed E-state index contributed by atoms with van der Waals surface area (Å²) in [7, 11) is 1.79. The molecule has 0 aromatic heterocycles. The molecule has 0 aliphatic rings. The monoisotopic (exact) mass is 123 g/mol. The average Bonchev–Trinajstić information content (AvgIpc) is 1.88. The standard InChI is InChI=1S/C8H13N/c1-4-6-8(9-3)7-5-2/h4-5H,1-2,6-7H2,3H3. The summed E-state index contributed by atoms with van der Waals surface area (Å²) in [5, 5.41) is 0. The summed E-state index contributed by atoms with van der Waals surface area (Å²) in [6.45, 7) is 7.23. The van der Waals surface area contributed by atoms with Crippen LogP contribution in [0.15, 0.2) is 30.3 Å². The van der Waals surface area contributed by atoms with Crippen LogP contribution in [0.5, 0.6) is 0 Å². The third-order valence-corrected chi connectivity index (χ3v) is 1.08. The van der Waals surface area contributed by atoms with E-state index in [2.05, 4.69) is 18.2 Å². The first-order valence-electron chi connectivity index (χ1n) is 3.01. The first kappa shape index (κ1) is 8.15. The van der Waals surface area contributed by atoms with E-state index in [0.29, 0.717) is 0 Å². The molecule has 0 aliphatic heterocycles. The lowest BCUT2D eigenvalue weighted by Crippen LogP contribution is -1.92. The predicted molar refractivity (Wildman–Crippen MR) is 43.0 cm³/mol. The van der Waals surface area contributed by atoms with Gasteiger partial charge in [0.2, 0.25) is 0 Å². The molecule has 0 unspecified atom stereocenters. The molecule has 0 radical (unpaired) electrons. The fourth-order valence-electron chi connectivity index (χ4n) is 0.599. The Morgan fingerprint density at radius 2 is 1.78 bits per heavy atom. The summed E-state index contributed by atoms with van der Waals surface area (Å²) in [6.07, 6.45) is 5.46. The lowest BCUT2D eigenvalue weighted by Gasteiger charge is -1.94. The van der Waals surface area contributed by atoms with Crippen LogP contribution in [0.1, 0.15) is 12.8 Å². The van der Waals surface area contributed by atoms with Crippen LogP contribution in [0.4, 0.5) is 0 Å². The van der Waals surface area contributed by atoms with E-state index < -0.39 is 0 Å². The molecule has 50 valence electrons. The summed E-state index contributed by atoms with van der Waals surface area (Å²) in [4.78, 5) is 4.04. The van der Waals surface area contributed by atoms with Gasteiger partial charge in [0.1, 0.15) is 0 Å². The zero-order chi connectivity index (χ0) is 7.11. The van der Waals surface area contributed by atoms with E-state index in [1.165, 1.54) is 0 Å². The van der Waals surface area contributed by atoms with Crippen molar-refractivity contribution in [2.45, 2.75) is 12.8 Å². The summed E-state index contributed by atoms with van der Waals surface area (Å²) < 4.78 is 0. The van der Waals surface area contributed by atoms with Gasteiger partial charge in [-0.1, -0.05) is 12.2 Å². The van der Waals surface area contributed by atoms with Crippen LogP contribution >= 0.6 is 0 Å². The Hall–Kier alpha value is -0.850. The molecule has 0 aromatic carbocycles. The maximum atomic E-state index is 4.04. The largest absolute Gasteiger partial charge is 0.297 e. The van der Waals surface area contributed by atoms with Crippen molar-refractivity contribution in [1.82, 2.24) is 0 Å². The lowest BCUT2D eigenvalue weighted by molar-refractivity contribution is 1.27. The average molecular weight is 123 g/mol. The first-order chi connectivity index (χ1) is 4.35. The third-order valence-electron chi connectivity index (χ3n) is 1.08. The van der Waals surface area contributed by atoms with Crippen LogP contribution in [0.2, 0.25) is 0 Å². The maximum absolute atomic E-state index is 4.04. The van der Waals surface area contributed by atoms with Gasteiger partial charge < -0.3 is 0 Å². The second kappa shape index (κ2) is 5.29. The van der Waals surface area contributed by atoms with E-state index in [-0.39, 0.29) is 0 Å². The maximum Gasteiger partial charge on any atom is 0.0276 e. The Kier molecular flexibility index (Phi) is 4.79. The lowest BCUT2D eigenvalue weighted by atomic mass is 10.2. The van der Waals surface area contributed by atoms with Gasteiger partial charge in [-0.25, -0.2) is 0 Å². The molecule has 0 saturated carbocycles. The molecule has 0 heterocycles. The van der Waals surface area contributed by atoms with E-state index in [4.69, 9.17) is 0 Å². The minimum absolute atomic E-state index is 0.878. The number of rotatable bonds is 4. The summed E-state index contributed by atoms with van der Waals surface area (Å²) in [6, 6.07) is 0. The van der Waals surface area contributed by atoms with Crippen molar-refractivity contribution >= 4 is 5.71 Å². The van der Waals surface area contributed by atoms with Gasteiger partial charge in [0, 0.05) is 25.6 Å². The predicted octanol–water partition coefficient (Wildman–Crippen LogP) is 2.21. The van der Waals surface area contributed by atoms with Crippen molar-refractivity contribution in [3.05, 3.63) is 25.3 Å². The molecule has 1 heteroatoms. The normalized spacial score (nSPS) is 8.11. The Morgan fingerprint density at radius 3 is 2.00 bits per heavy atom. The SMILES string of the molecule is C=CCC(CC=C)=NC. The molecule has 0 amide bonds. The second-order valence-electron chi connectivity index (χ2n) is 1.78. The highest BCUT2D eigenvalue weighted by Gasteiger charge is 1.88. The molecule has 0 rings (SSSR count). The highest BCUT2D eigenvalue weighted by atomic mass is 14.7. The zero-order valence-corrected chi connectivity index (χ0v) is 5.93. The van der Waals surface area contributed by atoms with E-state index in [0.717, 1.165) is 18.6 Å². The molecule has 0 spiro atoms. The molecule has 0 bridgehead atoms. The minimum atomic E-state index is 0.878. The van der Waals surface area contributed by atoms with Gasteiger partial charge in [0.05, 0.1) is 0 Å². The minimum Gasteiger partial charge on any atom is -0.297 e. The quantitative estimate of drug-likeness (QED) is 0.401. The van der Waals surface area contributed by atoms with E-state index >= 15 is 0 Å². The van der Waals surface area contributed by atoms with Gasteiger partial charge in [0.15, 0.2) is 0 Å². The topological polar surface area (TPSA) is 12.4 Å². The summed E-state index contributed by atoms with van der Waals surface area (Å²) in [5.74, 6) is 0. The van der Waals surface area contributed by atoms with Gasteiger partial charge in [-0.3, -0.25) is 4.99 Å². The van der Waals surface area contributed by atoms with Crippen LogP contribution in [-0.4, -0.2) is 12.8 Å². The summed E-state index contributed by atoms with van der Waals surface area (Å²) >= 11 is 0.